The first-order valence-corrected chi connectivity index (χ1v) is 6.83. The molecular formula is C15H23NO3. The van der Waals surface area contributed by atoms with Crippen LogP contribution in [0.5, 0.6) is 11.5 Å². The van der Waals surface area contributed by atoms with Gasteiger partial charge >= 0.3 is 0 Å². The van der Waals surface area contributed by atoms with Crippen molar-refractivity contribution in [2.24, 2.45) is 0 Å². The van der Waals surface area contributed by atoms with Gasteiger partial charge in [0.25, 0.3) is 5.91 Å². The summed E-state index contributed by atoms with van der Waals surface area (Å²) in [5.41, 5.74) is 0.328. The lowest BCUT2D eigenvalue weighted by Crippen LogP contribution is -2.39. The van der Waals surface area contributed by atoms with Gasteiger partial charge in [0, 0.05) is 24.2 Å². The Morgan fingerprint density at radius 1 is 1.21 bits per heavy atom. The maximum atomic E-state index is 12.5. The lowest BCUT2D eigenvalue weighted by atomic mass is 10.1. The van der Waals surface area contributed by atoms with Crippen molar-refractivity contribution in [1.29, 1.82) is 0 Å². The van der Waals surface area contributed by atoms with E-state index in [1.54, 1.807) is 4.90 Å². The molecule has 0 bridgehead atoms. The number of nitrogens with zero attached hydrogens (tertiary/aromatic N) is 1. The lowest BCUT2D eigenvalue weighted by molar-refractivity contribution is 0.0684. The van der Waals surface area contributed by atoms with Crippen LogP contribution in [0.25, 0.3) is 0 Å². The zero-order valence-corrected chi connectivity index (χ0v) is 11.9. The van der Waals surface area contributed by atoms with Crippen molar-refractivity contribution in [3.8, 4) is 11.5 Å². The summed E-state index contributed by atoms with van der Waals surface area (Å²) >= 11 is 0. The van der Waals surface area contributed by atoms with E-state index in [0.29, 0.717) is 12.1 Å². The SMILES string of the molecule is CCCCN(C(=O)c1cc(O)cc(O)c1)C(C)CC. The second-order valence-electron chi connectivity index (χ2n) is 4.85. The van der Waals surface area contributed by atoms with Crippen LogP contribution in [0.3, 0.4) is 0 Å². The molecule has 1 aromatic carbocycles. The van der Waals surface area contributed by atoms with E-state index in [-0.39, 0.29) is 23.4 Å². The molecular weight excluding hydrogens is 242 g/mol. The third kappa shape index (κ3) is 4.16. The maximum absolute atomic E-state index is 12.5. The molecule has 0 radical (unpaired) electrons. The van der Waals surface area contributed by atoms with Crippen molar-refractivity contribution in [2.45, 2.75) is 46.1 Å². The van der Waals surface area contributed by atoms with Gasteiger partial charge in [0.1, 0.15) is 11.5 Å². The topological polar surface area (TPSA) is 60.8 Å². The molecule has 0 aliphatic heterocycles. The molecule has 1 rings (SSSR count). The van der Waals surface area contributed by atoms with Gasteiger partial charge in [0.05, 0.1) is 0 Å². The number of carbonyl (C=O) groups excluding carboxylic acids is 1. The van der Waals surface area contributed by atoms with Gasteiger partial charge in [0.15, 0.2) is 0 Å². The van der Waals surface area contributed by atoms with Gasteiger partial charge < -0.3 is 15.1 Å². The third-order valence-corrected chi connectivity index (χ3v) is 3.29. The highest BCUT2D eigenvalue weighted by Gasteiger charge is 2.20. The molecule has 1 aromatic rings. The number of carbonyl (C=O) groups is 1. The smallest absolute Gasteiger partial charge is 0.254 e. The molecule has 0 heterocycles. The average Bonchev–Trinajstić information content (AvgIpc) is 2.37. The van der Waals surface area contributed by atoms with E-state index in [1.165, 1.54) is 18.2 Å². The Morgan fingerprint density at radius 2 is 1.79 bits per heavy atom. The zero-order valence-electron chi connectivity index (χ0n) is 11.9. The first-order valence-electron chi connectivity index (χ1n) is 6.83. The second-order valence-corrected chi connectivity index (χ2v) is 4.85. The number of phenolic OH excluding ortho intramolecular Hbond substituents is 2. The number of phenols is 2. The summed E-state index contributed by atoms with van der Waals surface area (Å²) in [7, 11) is 0. The van der Waals surface area contributed by atoms with Crippen molar-refractivity contribution in [3.63, 3.8) is 0 Å². The molecule has 1 atom stereocenters. The predicted octanol–water partition coefficient (Wildman–Crippen LogP) is 3.14. The fraction of sp³-hybridized carbons (Fsp3) is 0.533. The van der Waals surface area contributed by atoms with Crippen LogP contribution in [0.4, 0.5) is 0 Å². The van der Waals surface area contributed by atoms with Crippen LogP contribution in [0.1, 0.15) is 50.4 Å². The molecule has 106 valence electrons. The maximum Gasteiger partial charge on any atom is 0.254 e. The van der Waals surface area contributed by atoms with Crippen LogP contribution < -0.4 is 0 Å². The van der Waals surface area contributed by atoms with Crippen molar-refractivity contribution in [1.82, 2.24) is 4.90 Å². The van der Waals surface area contributed by atoms with E-state index in [2.05, 4.69) is 6.92 Å². The van der Waals surface area contributed by atoms with Crippen molar-refractivity contribution >= 4 is 5.91 Å². The summed E-state index contributed by atoms with van der Waals surface area (Å²) < 4.78 is 0. The standard InChI is InChI=1S/C15H23NO3/c1-4-6-7-16(11(3)5-2)15(19)12-8-13(17)10-14(18)9-12/h8-11,17-18H,4-7H2,1-3H3. The fourth-order valence-electron chi connectivity index (χ4n) is 1.96. The molecule has 4 heteroatoms. The Labute approximate surface area is 114 Å². The van der Waals surface area contributed by atoms with Gasteiger partial charge in [-0.2, -0.15) is 0 Å². The number of hydrogen-bond donors (Lipinski definition) is 2. The first-order chi connectivity index (χ1) is 8.99. The van der Waals surface area contributed by atoms with Crippen LogP contribution >= 0.6 is 0 Å². The Balaban J connectivity index is 2.97. The summed E-state index contributed by atoms with van der Waals surface area (Å²) in [6, 6.07) is 4.15. The molecule has 0 aromatic heterocycles. The van der Waals surface area contributed by atoms with E-state index < -0.39 is 0 Å². The number of amides is 1. The monoisotopic (exact) mass is 265 g/mol. The molecule has 0 fully saturated rings. The van der Waals surface area contributed by atoms with E-state index in [1.807, 2.05) is 13.8 Å². The molecule has 4 nitrogen and oxygen atoms in total. The van der Waals surface area contributed by atoms with Gasteiger partial charge in [0.2, 0.25) is 0 Å². The van der Waals surface area contributed by atoms with E-state index >= 15 is 0 Å². The Morgan fingerprint density at radius 3 is 2.26 bits per heavy atom. The Kier molecular flexibility index (Phi) is 5.67. The van der Waals surface area contributed by atoms with E-state index in [4.69, 9.17) is 0 Å². The van der Waals surface area contributed by atoms with Crippen LogP contribution in [0.15, 0.2) is 18.2 Å². The average molecular weight is 265 g/mol. The van der Waals surface area contributed by atoms with Crippen molar-refractivity contribution in [3.05, 3.63) is 23.8 Å². The molecule has 1 amide bonds. The predicted molar refractivity (Wildman–Crippen MR) is 75.5 cm³/mol. The Hall–Kier alpha value is -1.71. The van der Waals surface area contributed by atoms with Crippen molar-refractivity contribution < 1.29 is 15.0 Å². The van der Waals surface area contributed by atoms with Gasteiger partial charge in [-0.05, 0) is 31.9 Å². The summed E-state index contributed by atoms with van der Waals surface area (Å²) in [5.74, 6) is -0.333. The number of unbranched alkanes of at least 4 members (excludes halogenated alkanes) is 1. The molecule has 1 unspecified atom stereocenters. The number of hydrogen-bond acceptors (Lipinski definition) is 3. The molecule has 0 spiro atoms. The van der Waals surface area contributed by atoms with Gasteiger partial charge in [-0.15, -0.1) is 0 Å². The minimum absolute atomic E-state index is 0.0945. The second kappa shape index (κ2) is 7.02. The van der Waals surface area contributed by atoms with Crippen LogP contribution in [0, 0.1) is 0 Å². The quantitative estimate of drug-likeness (QED) is 0.830. The summed E-state index contributed by atoms with van der Waals surface area (Å²) in [6.07, 6.45) is 2.84. The fourth-order valence-corrected chi connectivity index (χ4v) is 1.96. The summed E-state index contributed by atoms with van der Waals surface area (Å²) in [5, 5.41) is 18.9. The van der Waals surface area contributed by atoms with Gasteiger partial charge in [-0.25, -0.2) is 0 Å². The summed E-state index contributed by atoms with van der Waals surface area (Å²) in [6.45, 7) is 6.83. The van der Waals surface area contributed by atoms with E-state index in [9.17, 15) is 15.0 Å². The minimum Gasteiger partial charge on any atom is -0.508 e. The number of benzene rings is 1. The highest BCUT2D eigenvalue weighted by atomic mass is 16.3. The molecule has 0 saturated carbocycles. The minimum atomic E-state index is -0.144. The summed E-state index contributed by atoms with van der Waals surface area (Å²) in [4.78, 5) is 14.3. The first kappa shape index (κ1) is 15.3. The van der Waals surface area contributed by atoms with Crippen molar-refractivity contribution in [2.75, 3.05) is 6.54 Å². The van der Waals surface area contributed by atoms with Gasteiger partial charge in [-0.3, -0.25) is 4.79 Å². The zero-order chi connectivity index (χ0) is 14.4. The highest BCUT2D eigenvalue weighted by Crippen LogP contribution is 2.22. The molecule has 19 heavy (non-hydrogen) atoms. The third-order valence-electron chi connectivity index (χ3n) is 3.29. The van der Waals surface area contributed by atoms with Crippen LogP contribution in [-0.2, 0) is 0 Å². The normalized spacial score (nSPS) is 12.2. The number of rotatable bonds is 6. The van der Waals surface area contributed by atoms with Gasteiger partial charge in [-0.1, -0.05) is 20.3 Å². The van der Waals surface area contributed by atoms with Crippen LogP contribution in [0.2, 0.25) is 0 Å². The molecule has 0 saturated heterocycles. The highest BCUT2D eigenvalue weighted by molar-refractivity contribution is 5.95. The van der Waals surface area contributed by atoms with E-state index in [0.717, 1.165) is 19.3 Å². The lowest BCUT2D eigenvalue weighted by Gasteiger charge is -2.28. The largest absolute Gasteiger partial charge is 0.508 e. The molecule has 0 aliphatic carbocycles. The number of aromatic hydroxyl groups is 2. The van der Waals surface area contributed by atoms with Crippen LogP contribution in [-0.4, -0.2) is 33.6 Å². The molecule has 0 aliphatic rings. The molecule has 2 N–H and O–H groups in total. The Bertz CT molecular complexity index is 411.